The lowest BCUT2D eigenvalue weighted by Gasteiger charge is -2.27. The summed E-state index contributed by atoms with van der Waals surface area (Å²) in [5.41, 5.74) is 2.60. The molecule has 0 unspecified atom stereocenters. The molecule has 0 fully saturated rings. The predicted molar refractivity (Wildman–Crippen MR) is 94.0 cm³/mol. The van der Waals surface area contributed by atoms with Crippen LogP contribution in [0.25, 0.3) is 10.6 Å². The SMILES string of the molecule is CNc1nnc(-c2cc(C(C)(C)C)c(O)c(C(C)(C)C)c2)s1. The third kappa shape index (κ3) is 3.24. The van der Waals surface area contributed by atoms with Crippen molar-refractivity contribution in [3.8, 4) is 16.3 Å². The van der Waals surface area contributed by atoms with E-state index in [2.05, 4.69) is 57.1 Å². The van der Waals surface area contributed by atoms with Gasteiger partial charge in [-0.15, -0.1) is 10.2 Å². The van der Waals surface area contributed by atoms with Crippen LogP contribution < -0.4 is 5.32 Å². The number of rotatable bonds is 2. The highest BCUT2D eigenvalue weighted by atomic mass is 32.1. The van der Waals surface area contributed by atoms with Crippen LogP contribution >= 0.6 is 11.3 Å². The second-order valence-electron chi connectivity index (χ2n) is 7.58. The van der Waals surface area contributed by atoms with Crippen LogP contribution in [0.15, 0.2) is 12.1 Å². The van der Waals surface area contributed by atoms with E-state index in [-0.39, 0.29) is 10.8 Å². The molecule has 0 atom stereocenters. The molecule has 1 aromatic carbocycles. The van der Waals surface area contributed by atoms with Crippen LogP contribution in [0.3, 0.4) is 0 Å². The first-order valence-corrected chi connectivity index (χ1v) is 8.25. The fourth-order valence-corrected chi connectivity index (χ4v) is 3.03. The molecule has 0 saturated carbocycles. The number of benzene rings is 1. The first-order chi connectivity index (χ1) is 10.0. The summed E-state index contributed by atoms with van der Waals surface area (Å²) in [6.45, 7) is 12.7. The van der Waals surface area contributed by atoms with Crippen molar-refractivity contribution in [2.75, 3.05) is 12.4 Å². The zero-order valence-corrected chi connectivity index (χ0v) is 15.2. The number of hydrogen-bond acceptors (Lipinski definition) is 5. The molecule has 0 aliphatic heterocycles. The van der Waals surface area contributed by atoms with Gasteiger partial charge in [0.05, 0.1) is 0 Å². The molecule has 2 N–H and O–H groups in total. The Hall–Kier alpha value is -1.62. The Kier molecular flexibility index (Phi) is 4.22. The van der Waals surface area contributed by atoms with Crippen LogP contribution in [-0.4, -0.2) is 22.4 Å². The van der Waals surface area contributed by atoms with E-state index < -0.39 is 0 Å². The first kappa shape index (κ1) is 16.7. The summed E-state index contributed by atoms with van der Waals surface area (Å²) >= 11 is 1.52. The van der Waals surface area contributed by atoms with Gasteiger partial charge in [-0.3, -0.25) is 0 Å². The van der Waals surface area contributed by atoms with Crippen LogP contribution in [0.1, 0.15) is 52.7 Å². The lowest BCUT2D eigenvalue weighted by molar-refractivity contribution is 0.423. The highest BCUT2D eigenvalue weighted by Gasteiger charge is 2.27. The van der Waals surface area contributed by atoms with E-state index in [0.29, 0.717) is 5.75 Å². The smallest absolute Gasteiger partial charge is 0.205 e. The van der Waals surface area contributed by atoms with Crippen LogP contribution in [0.4, 0.5) is 5.13 Å². The van der Waals surface area contributed by atoms with Gasteiger partial charge >= 0.3 is 0 Å². The molecule has 0 saturated heterocycles. The van der Waals surface area contributed by atoms with E-state index >= 15 is 0 Å². The molecule has 4 nitrogen and oxygen atoms in total. The minimum Gasteiger partial charge on any atom is -0.507 e. The molecule has 0 aliphatic carbocycles. The molecule has 1 aromatic heterocycles. The zero-order valence-electron chi connectivity index (χ0n) is 14.4. The Balaban J connectivity index is 2.70. The highest BCUT2D eigenvalue weighted by Crippen LogP contribution is 2.42. The topological polar surface area (TPSA) is 58.0 Å². The van der Waals surface area contributed by atoms with Crippen LogP contribution in [-0.2, 0) is 10.8 Å². The van der Waals surface area contributed by atoms with Crippen LogP contribution in [0.5, 0.6) is 5.75 Å². The van der Waals surface area contributed by atoms with Crippen molar-refractivity contribution in [1.82, 2.24) is 10.2 Å². The van der Waals surface area contributed by atoms with Gasteiger partial charge in [-0.1, -0.05) is 52.9 Å². The summed E-state index contributed by atoms with van der Waals surface area (Å²) in [5, 5.41) is 23.8. The number of nitrogens with zero attached hydrogens (tertiary/aromatic N) is 2. The summed E-state index contributed by atoms with van der Waals surface area (Å²) < 4.78 is 0. The lowest BCUT2D eigenvalue weighted by atomic mass is 9.78. The molecule has 0 spiro atoms. The van der Waals surface area contributed by atoms with Crippen molar-refractivity contribution in [1.29, 1.82) is 0 Å². The molecule has 0 radical (unpaired) electrons. The van der Waals surface area contributed by atoms with Gasteiger partial charge in [0.2, 0.25) is 5.13 Å². The van der Waals surface area contributed by atoms with Gasteiger partial charge in [-0.2, -0.15) is 0 Å². The minimum atomic E-state index is -0.142. The Labute approximate surface area is 136 Å². The maximum Gasteiger partial charge on any atom is 0.205 e. The largest absolute Gasteiger partial charge is 0.507 e. The second kappa shape index (κ2) is 5.54. The number of phenolic OH excluding ortho intramolecular Hbond substituents is 1. The standard InChI is InChI=1S/C17H25N3OS/c1-16(2,3)11-8-10(14-19-20-15(18-7)22-14)9-12(13(11)21)17(4,5)6/h8-9,21H,1-7H3,(H,18,20). The Morgan fingerprint density at radius 1 is 0.955 bits per heavy atom. The molecule has 0 bridgehead atoms. The van der Waals surface area contributed by atoms with Crippen molar-refractivity contribution >= 4 is 16.5 Å². The van der Waals surface area contributed by atoms with Crippen molar-refractivity contribution in [3.63, 3.8) is 0 Å². The van der Waals surface area contributed by atoms with Crippen molar-refractivity contribution < 1.29 is 5.11 Å². The van der Waals surface area contributed by atoms with Gasteiger partial charge in [0.25, 0.3) is 0 Å². The van der Waals surface area contributed by atoms with Gasteiger partial charge in [0.1, 0.15) is 10.8 Å². The quantitative estimate of drug-likeness (QED) is 0.852. The molecule has 0 amide bonds. The zero-order chi connectivity index (χ0) is 16.7. The van der Waals surface area contributed by atoms with Gasteiger partial charge in [-0.25, -0.2) is 0 Å². The van der Waals surface area contributed by atoms with Crippen molar-refractivity contribution in [2.45, 2.75) is 52.4 Å². The molecule has 2 aromatic rings. The Morgan fingerprint density at radius 2 is 1.45 bits per heavy atom. The summed E-state index contributed by atoms with van der Waals surface area (Å²) in [4.78, 5) is 0. The second-order valence-corrected chi connectivity index (χ2v) is 8.56. The monoisotopic (exact) mass is 319 g/mol. The molecule has 0 aliphatic rings. The average molecular weight is 319 g/mol. The van der Waals surface area contributed by atoms with Gasteiger partial charge in [0.15, 0.2) is 0 Å². The van der Waals surface area contributed by atoms with E-state index in [1.165, 1.54) is 11.3 Å². The van der Waals surface area contributed by atoms with E-state index in [1.54, 1.807) is 0 Å². The first-order valence-electron chi connectivity index (χ1n) is 7.43. The summed E-state index contributed by atoms with van der Waals surface area (Å²) in [6.07, 6.45) is 0. The number of aromatic hydroxyl groups is 1. The summed E-state index contributed by atoms with van der Waals surface area (Å²) in [7, 11) is 1.84. The number of hydrogen-bond donors (Lipinski definition) is 2. The van der Waals surface area contributed by atoms with E-state index in [4.69, 9.17) is 0 Å². The third-order valence-corrected chi connectivity index (χ3v) is 4.60. The van der Waals surface area contributed by atoms with E-state index in [0.717, 1.165) is 26.8 Å². The van der Waals surface area contributed by atoms with E-state index in [9.17, 15) is 5.11 Å². The number of anilines is 1. The maximum atomic E-state index is 10.7. The van der Waals surface area contributed by atoms with Gasteiger partial charge in [-0.05, 0) is 23.0 Å². The maximum absolute atomic E-state index is 10.7. The van der Waals surface area contributed by atoms with Gasteiger partial charge in [0, 0.05) is 23.7 Å². The fraction of sp³-hybridized carbons (Fsp3) is 0.529. The number of nitrogens with one attached hydrogen (secondary N) is 1. The minimum absolute atomic E-state index is 0.142. The summed E-state index contributed by atoms with van der Waals surface area (Å²) in [6, 6.07) is 4.06. The van der Waals surface area contributed by atoms with Crippen LogP contribution in [0.2, 0.25) is 0 Å². The fourth-order valence-electron chi connectivity index (χ4n) is 2.34. The van der Waals surface area contributed by atoms with Crippen molar-refractivity contribution in [2.24, 2.45) is 0 Å². The van der Waals surface area contributed by atoms with Gasteiger partial charge < -0.3 is 10.4 Å². The predicted octanol–water partition coefficient (Wildman–Crippen LogP) is 4.55. The molecule has 1 heterocycles. The average Bonchev–Trinajstić information content (AvgIpc) is 2.85. The van der Waals surface area contributed by atoms with Crippen molar-refractivity contribution in [3.05, 3.63) is 23.3 Å². The number of aromatic nitrogens is 2. The Morgan fingerprint density at radius 3 is 1.82 bits per heavy atom. The van der Waals surface area contributed by atoms with Crippen LogP contribution in [0, 0.1) is 0 Å². The molecular formula is C17H25N3OS. The van der Waals surface area contributed by atoms with E-state index in [1.807, 2.05) is 19.2 Å². The third-order valence-electron chi connectivity index (χ3n) is 3.61. The molecule has 5 heteroatoms. The molecule has 22 heavy (non-hydrogen) atoms. The highest BCUT2D eigenvalue weighted by molar-refractivity contribution is 7.18. The lowest BCUT2D eigenvalue weighted by Crippen LogP contribution is -2.17. The molecule has 2 rings (SSSR count). The summed E-state index contributed by atoms with van der Waals surface area (Å²) in [5.74, 6) is 0.391. The Bertz CT molecular complexity index is 643. The normalized spacial score (nSPS) is 12.5. The molecule has 120 valence electrons. The molecular weight excluding hydrogens is 294 g/mol. The number of phenols is 1.